The molecular weight excluding hydrogens is 304 g/mol. The minimum Gasteiger partial charge on any atom is -0.496 e. The molecule has 0 radical (unpaired) electrons. The second kappa shape index (κ2) is 8.43. The molecule has 0 saturated heterocycles. The van der Waals surface area contributed by atoms with Crippen LogP contribution in [0, 0.1) is 23.7 Å². The molecular formula is C20H16O4. The predicted octanol–water partition coefficient (Wildman–Crippen LogP) is 2.23. The van der Waals surface area contributed by atoms with Crippen molar-refractivity contribution in [2.24, 2.45) is 0 Å². The molecule has 0 saturated carbocycles. The SMILES string of the molecule is COC(=O)c1cc(C#Cc2cccc(C#CCO)c2)ccc1OC. The number of aliphatic hydroxyl groups is 1. The van der Waals surface area contributed by atoms with Gasteiger partial charge in [0.2, 0.25) is 0 Å². The van der Waals surface area contributed by atoms with E-state index in [-0.39, 0.29) is 6.61 Å². The van der Waals surface area contributed by atoms with Gasteiger partial charge in [-0.05, 0) is 36.4 Å². The zero-order chi connectivity index (χ0) is 17.4. The number of hydrogen-bond acceptors (Lipinski definition) is 4. The highest BCUT2D eigenvalue weighted by Gasteiger charge is 2.12. The Morgan fingerprint density at radius 2 is 1.67 bits per heavy atom. The van der Waals surface area contributed by atoms with Crippen LogP contribution >= 0.6 is 0 Å². The van der Waals surface area contributed by atoms with Crippen molar-refractivity contribution < 1.29 is 19.4 Å². The van der Waals surface area contributed by atoms with Crippen LogP contribution in [0.4, 0.5) is 0 Å². The molecule has 0 unspecified atom stereocenters. The lowest BCUT2D eigenvalue weighted by atomic mass is 10.1. The van der Waals surface area contributed by atoms with Gasteiger partial charge in [0.15, 0.2) is 0 Å². The van der Waals surface area contributed by atoms with Crippen LogP contribution in [-0.2, 0) is 4.74 Å². The van der Waals surface area contributed by atoms with E-state index < -0.39 is 5.97 Å². The predicted molar refractivity (Wildman–Crippen MR) is 90.7 cm³/mol. The third-order valence-corrected chi connectivity index (χ3v) is 3.13. The minimum absolute atomic E-state index is 0.182. The summed E-state index contributed by atoms with van der Waals surface area (Å²) in [5.41, 5.74) is 2.56. The fraction of sp³-hybridized carbons (Fsp3) is 0.150. The van der Waals surface area contributed by atoms with Crippen molar-refractivity contribution in [3.8, 4) is 29.4 Å². The summed E-state index contributed by atoms with van der Waals surface area (Å²) >= 11 is 0. The highest BCUT2D eigenvalue weighted by atomic mass is 16.5. The maximum Gasteiger partial charge on any atom is 0.341 e. The summed E-state index contributed by atoms with van der Waals surface area (Å²) in [6.45, 7) is -0.182. The van der Waals surface area contributed by atoms with Gasteiger partial charge < -0.3 is 14.6 Å². The minimum atomic E-state index is -0.475. The number of methoxy groups -OCH3 is 2. The second-order valence-corrected chi connectivity index (χ2v) is 4.70. The molecule has 4 nitrogen and oxygen atoms in total. The fourth-order valence-electron chi connectivity index (χ4n) is 2.02. The number of hydrogen-bond donors (Lipinski definition) is 1. The van der Waals surface area contributed by atoms with Crippen LogP contribution in [0.2, 0.25) is 0 Å². The number of ether oxygens (including phenoxy) is 2. The van der Waals surface area contributed by atoms with Gasteiger partial charge in [0, 0.05) is 16.7 Å². The summed E-state index contributed by atoms with van der Waals surface area (Å²) in [5.74, 6) is 11.4. The monoisotopic (exact) mass is 320 g/mol. The summed E-state index contributed by atoms with van der Waals surface area (Å²) in [6, 6.07) is 12.5. The largest absolute Gasteiger partial charge is 0.496 e. The van der Waals surface area contributed by atoms with Crippen molar-refractivity contribution in [1.82, 2.24) is 0 Å². The lowest BCUT2D eigenvalue weighted by molar-refractivity contribution is 0.0597. The molecule has 120 valence electrons. The van der Waals surface area contributed by atoms with Crippen LogP contribution in [0.15, 0.2) is 42.5 Å². The fourth-order valence-corrected chi connectivity index (χ4v) is 2.02. The van der Waals surface area contributed by atoms with E-state index in [1.54, 1.807) is 18.2 Å². The van der Waals surface area contributed by atoms with Gasteiger partial charge in [0.1, 0.15) is 17.9 Å². The van der Waals surface area contributed by atoms with Crippen LogP contribution in [0.1, 0.15) is 27.0 Å². The zero-order valence-electron chi connectivity index (χ0n) is 13.4. The van der Waals surface area contributed by atoms with Crippen LogP contribution in [0.5, 0.6) is 5.75 Å². The molecule has 24 heavy (non-hydrogen) atoms. The first-order valence-electron chi connectivity index (χ1n) is 7.16. The highest BCUT2D eigenvalue weighted by molar-refractivity contribution is 5.92. The summed E-state index contributed by atoms with van der Waals surface area (Å²) in [4.78, 5) is 11.8. The Morgan fingerprint density at radius 3 is 2.29 bits per heavy atom. The van der Waals surface area contributed by atoms with Crippen molar-refractivity contribution in [2.45, 2.75) is 0 Å². The summed E-state index contributed by atoms with van der Waals surface area (Å²) in [6.07, 6.45) is 0. The second-order valence-electron chi connectivity index (χ2n) is 4.70. The molecule has 2 aromatic rings. The molecule has 2 rings (SSSR count). The lowest BCUT2D eigenvalue weighted by Gasteiger charge is -2.06. The van der Waals surface area contributed by atoms with E-state index in [2.05, 4.69) is 23.7 Å². The first kappa shape index (κ1) is 17.1. The summed E-state index contributed by atoms with van der Waals surface area (Å²) in [5, 5.41) is 8.73. The zero-order valence-corrected chi connectivity index (χ0v) is 13.4. The van der Waals surface area contributed by atoms with Crippen molar-refractivity contribution in [2.75, 3.05) is 20.8 Å². The molecule has 1 N–H and O–H groups in total. The average molecular weight is 320 g/mol. The normalized spacial score (nSPS) is 9.12. The Balaban J connectivity index is 2.32. The van der Waals surface area contributed by atoms with Gasteiger partial charge in [-0.2, -0.15) is 0 Å². The number of esters is 1. The Bertz CT molecular complexity index is 860. The van der Waals surface area contributed by atoms with E-state index in [0.29, 0.717) is 16.9 Å². The average Bonchev–Trinajstić information content (AvgIpc) is 2.64. The Kier molecular flexibility index (Phi) is 6.02. The topological polar surface area (TPSA) is 55.8 Å². The summed E-state index contributed by atoms with van der Waals surface area (Å²) < 4.78 is 9.90. The molecule has 4 heteroatoms. The molecule has 0 spiro atoms. The molecule has 0 amide bonds. The van der Waals surface area contributed by atoms with Gasteiger partial charge >= 0.3 is 5.97 Å². The Hall–Kier alpha value is -3.21. The molecule has 2 aromatic carbocycles. The van der Waals surface area contributed by atoms with Crippen LogP contribution in [-0.4, -0.2) is 31.9 Å². The van der Waals surface area contributed by atoms with Gasteiger partial charge in [0.25, 0.3) is 0 Å². The molecule has 0 atom stereocenters. The standard InChI is InChI=1S/C20H16O4/c1-23-19-11-10-17(14-18(19)20(22)24-2)9-8-16-6-3-5-15(13-16)7-4-12-21/h3,5-6,10-11,13-14,21H,12H2,1-2H3. The molecule has 0 aromatic heterocycles. The molecule has 0 bridgehead atoms. The highest BCUT2D eigenvalue weighted by Crippen LogP contribution is 2.20. The smallest absolute Gasteiger partial charge is 0.341 e. The molecule has 0 aliphatic heterocycles. The van der Waals surface area contributed by atoms with E-state index in [1.165, 1.54) is 14.2 Å². The van der Waals surface area contributed by atoms with Crippen molar-refractivity contribution in [3.05, 3.63) is 64.7 Å². The molecule has 0 aliphatic rings. The Labute approximate surface area is 141 Å². The van der Waals surface area contributed by atoms with E-state index in [1.807, 2.05) is 24.3 Å². The number of carbonyl (C=O) groups is 1. The summed E-state index contributed by atoms with van der Waals surface area (Å²) in [7, 11) is 2.81. The number of rotatable bonds is 2. The molecule has 0 heterocycles. The number of benzene rings is 2. The first-order chi connectivity index (χ1) is 11.7. The quantitative estimate of drug-likeness (QED) is 0.681. The number of aliphatic hydroxyl groups excluding tert-OH is 1. The van der Waals surface area contributed by atoms with E-state index >= 15 is 0 Å². The van der Waals surface area contributed by atoms with E-state index in [4.69, 9.17) is 14.6 Å². The maximum atomic E-state index is 11.8. The van der Waals surface area contributed by atoms with E-state index in [0.717, 1.165) is 11.1 Å². The molecule has 0 aliphatic carbocycles. The van der Waals surface area contributed by atoms with Crippen LogP contribution in [0.25, 0.3) is 0 Å². The third kappa shape index (κ3) is 4.39. The first-order valence-corrected chi connectivity index (χ1v) is 7.16. The lowest BCUT2D eigenvalue weighted by Crippen LogP contribution is -2.04. The third-order valence-electron chi connectivity index (χ3n) is 3.13. The van der Waals surface area contributed by atoms with Crippen molar-refractivity contribution in [3.63, 3.8) is 0 Å². The van der Waals surface area contributed by atoms with Gasteiger partial charge in [0.05, 0.1) is 14.2 Å². The van der Waals surface area contributed by atoms with Gasteiger partial charge in [-0.3, -0.25) is 0 Å². The maximum absolute atomic E-state index is 11.8. The van der Waals surface area contributed by atoms with Crippen LogP contribution in [0.3, 0.4) is 0 Å². The van der Waals surface area contributed by atoms with Crippen LogP contribution < -0.4 is 4.74 Å². The van der Waals surface area contributed by atoms with Crippen molar-refractivity contribution >= 4 is 5.97 Å². The number of carbonyl (C=O) groups excluding carboxylic acids is 1. The van der Waals surface area contributed by atoms with Gasteiger partial charge in [-0.1, -0.05) is 29.7 Å². The van der Waals surface area contributed by atoms with Crippen molar-refractivity contribution in [1.29, 1.82) is 0 Å². The van der Waals surface area contributed by atoms with E-state index in [9.17, 15) is 4.79 Å². The van der Waals surface area contributed by atoms with Gasteiger partial charge in [-0.25, -0.2) is 4.79 Å². The molecule has 0 fully saturated rings. The van der Waals surface area contributed by atoms with Gasteiger partial charge in [-0.15, -0.1) is 0 Å². The Morgan fingerprint density at radius 1 is 1.00 bits per heavy atom.